The van der Waals surface area contributed by atoms with Crippen LogP contribution in [0.1, 0.15) is 110 Å². The predicted octanol–water partition coefficient (Wildman–Crippen LogP) is 6.51. The summed E-state index contributed by atoms with van der Waals surface area (Å²) in [6.07, 6.45) is 22.7. The zero-order chi connectivity index (χ0) is 17.8. The molecule has 0 aliphatic carbocycles. The largest absolute Gasteiger partial charge is 0.379 e. The van der Waals surface area contributed by atoms with Gasteiger partial charge in [0.25, 0.3) is 0 Å². The second-order valence-corrected chi connectivity index (χ2v) is 7.68. The van der Waals surface area contributed by atoms with Gasteiger partial charge in [-0.25, -0.2) is 0 Å². The van der Waals surface area contributed by atoms with E-state index in [-0.39, 0.29) is 0 Å². The lowest BCUT2D eigenvalue weighted by molar-refractivity contribution is -0.194. The number of ether oxygens (including phenoxy) is 1. The molecule has 3 nitrogen and oxygen atoms in total. The van der Waals surface area contributed by atoms with E-state index in [2.05, 4.69) is 12.0 Å². The first kappa shape index (κ1) is 22.9. The Labute approximate surface area is 157 Å². The van der Waals surface area contributed by atoms with Gasteiger partial charge in [0.15, 0.2) is 0 Å². The van der Waals surface area contributed by atoms with E-state index in [0.717, 1.165) is 32.9 Å². The third-order valence-electron chi connectivity index (χ3n) is 5.24. The van der Waals surface area contributed by atoms with Crippen molar-refractivity contribution in [2.24, 2.45) is 0 Å². The maximum Gasteiger partial charge on any atom is 0.0685 e. The summed E-state index contributed by atoms with van der Waals surface area (Å²) in [5.41, 5.74) is 0. The summed E-state index contributed by atoms with van der Waals surface area (Å²) in [6.45, 7) is 6.68. The quantitative estimate of drug-likeness (QED) is 0.261. The molecule has 0 aromatic rings. The Kier molecular flexibility index (Phi) is 17.1. The van der Waals surface area contributed by atoms with Gasteiger partial charge in [-0.2, -0.15) is 5.06 Å². The number of unbranched alkanes of at least 4 members (excludes halogenated alkanes) is 15. The fourth-order valence-electron chi connectivity index (χ4n) is 3.52. The second-order valence-electron chi connectivity index (χ2n) is 7.68. The van der Waals surface area contributed by atoms with E-state index in [4.69, 9.17) is 9.57 Å². The molecule has 1 aliphatic rings. The van der Waals surface area contributed by atoms with Crippen molar-refractivity contribution < 1.29 is 9.57 Å². The topological polar surface area (TPSA) is 21.7 Å². The maximum atomic E-state index is 5.76. The van der Waals surface area contributed by atoms with Gasteiger partial charge in [-0.3, -0.25) is 4.84 Å². The molecule has 0 bridgehead atoms. The summed E-state index contributed by atoms with van der Waals surface area (Å²) in [5, 5.41) is 2.06. The molecule has 1 saturated heterocycles. The molecule has 0 atom stereocenters. The van der Waals surface area contributed by atoms with Crippen molar-refractivity contribution in [1.29, 1.82) is 0 Å². The van der Waals surface area contributed by atoms with E-state index in [1.807, 2.05) is 0 Å². The van der Waals surface area contributed by atoms with Crippen molar-refractivity contribution in [2.45, 2.75) is 110 Å². The summed E-state index contributed by atoms with van der Waals surface area (Å²) in [4.78, 5) is 5.76. The van der Waals surface area contributed by atoms with Gasteiger partial charge in [0.05, 0.1) is 19.8 Å². The highest BCUT2D eigenvalue weighted by atomic mass is 16.7. The van der Waals surface area contributed by atoms with E-state index in [1.54, 1.807) is 0 Å². The van der Waals surface area contributed by atoms with Crippen LogP contribution in [0.2, 0.25) is 0 Å². The summed E-state index contributed by atoms with van der Waals surface area (Å²) < 4.78 is 5.31. The van der Waals surface area contributed by atoms with Gasteiger partial charge in [0, 0.05) is 13.1 Å². The molecule has 150 valence electrons. The first-order valence-electron chi connectivity index (χ1n) is 11.4. The summed E-state index contributed by atoms with van der Waals surface area (Å²) >= 11 is 0. The highest BCUT2D eigenvalue weighted by Crippen LogP contribution is 2.13. The minimum absolute atomic E-state index is 0.818. The van der Waals surface area contributed by atoms with Gasteiger partial charge in [-0.15, -0.1) is 0 Å². The van der Waals surface area contributed by atoms with Crippen LogP contribution in [0.25, 0.3) is 0 Å². The summed E-state index contributed by atoms with van der Waals surface area (Å²) in [5.74, 6) is 0. The third-order valence-corrected chi connectivity index (χ3v) is 5.24. The Morgan fingerprint density at radius 3 is 1.44 bits per heavy atom. The van der Waals surface area contributed by atoms with Crippen molar-refractivity contribution in [3.63, 3.8) is 0 Å². The second kappa shape index (κ2) is 18.7. The summed E-state index contributed by atoms with van der Waals surface area (Å²) in [6, 6.07) is 0. The van der Waals surface area contributed by atoms with Gasteiger partial charge < -0.3 is 4.74 Å². The highest BCUT2D eigenvalue weighted by Gasteiger charge is 2.09. The fraction of sp³-hybridized carbons (Fsp3) is 1.00. The monoisotopic (exact) mass is 355 g/mol. The normalized spacial score (nSPS) is 15.7. The minimum atomic E-state index is 0.818. The standard InChI is InChI=1S/C22H45NO2/c1-2-3-4-5-6-7-8-9-10-11-12-13-14-15-16-17-20-25-23-18-21-24-22-19-23/h2-22H2,1H3. The van der Waals surface area contributed by atoms with E-state index in [9.17, 15) is 0 Å². The number of hydroxylamine groups is 2. The van der Waals surface area contributed by atoms with Crippen molar-refractivity contribution in [3.05, 3.63) is 0 Å². The Balaban J connectivity index is 1.65. The van der Waals surface area contributed by atoms with Gasteiger partial charge in [-0.05, 0) is 6.42 Å². The molecule has 1 fully saturated rings. The number of rotatable bonds is 18. The van der Waals surface area contributed by atoms with Gasteiger partial charge >= 0.3 is 0 Å². The van der Waals surface area contributed by atoms with Crippen LogP contribution in [0.5, 0.6) is 0 Å². The Hall–Kier alpha value is -0.120. The van der Waals surface area contributed by atoms with Crippen molar-refractivity contribution in [1.82, 2.24) is 5.06 Å². The molecule has 0 amide bonds. The highest BCUT2D eigenvalue weighted by molar-refractivity contribution is 4.52. The fourth-order valence-corrected chi connectivity index (χ4v) is 3.52. The predicted molar refractivity (Wildman–Crippen MR) is 108 cm³/mol. The number of morpholine rings is 1. The van der Waals surface area contributed by atoms with Crippen LogP contribution in [-0.4, -0.2) is 38.0 Å². The molecule has 0 spiro atoms. The average molecular weight is 356 g/mol. The Morgan fingerprint density at radius 2 is 1.00 bits per heavy atom. The average Bonchev–Trinajstić information content (AvgIpc) is 2.65. The molecular formula is C22H45NO2. The van der Waals surface area contributed by atoms with E-state index in [1.165, 1.54) is 103 Å². The van der Waals surface area contributed by atoms with Crippen molar-refractivity contribution in [3.8, 4) is 0 Å². The molecule has 0 N–H and O–H groups in total. The van der Waals surface area contributed by atoms with Crippen LogP contribution in [0.15, 0.2) is 0 Å². The first-order valence-corrected chi connectivity index (χ1v) is 11.4. The maximum absolute atomic E-state index is 5.76. The lowest BCUT2D eigenvalue weighted by Gasteiger charge is -2.25. The smallest absolute Gasteiger partial charge is 0.0685 e. The third kappa shape index (κ3) is 15.8. The summed E-state index contributed by atoms with van der Waals surface area (Å²) in [7, 11) is 0. The molecule has 1 heterocycles. The SMILES string of the molecule is CCCCCCCCCCCCCCCCCCON1CCOCC1. The van der Waals surface area contributed by atoms with Crippen LogP contribution >= 0.6 is 0 Å². The first-order chi connectivity index (χ1) is 12.4. The van der Waals surface area contributed by atoms with E-state index < -0.39 is 0 Å². The molecule has 0 radical (unpaired) electrons. The van der Waals surface area contributed by atoms with Crippen LogP contribution in [0, 0.1) is 0 Å². The van der Waals surface area contributed by atoms with Gasteiger partial charge in [0.1, 0.15) is 0 Å². The van der Waals surface area contributed by atoms with Crippen LogP contribution in [-0.2, 0) is 9.57 Å². The molecule has 0 aromatic heterocycles. The molecule has 25 heavy (non-hydrogen) atoms. The molecule has 1 aliphatic heterocycles. The number of nitrogens with zero attached hydrogens (tertiary/aromatic N) is 1. The molecular weight excluding hydrogens is 310 g/mol. The Bertz CT molecular complexity index is 254. The zero-order valence-electron chi connectivity index (χ0n) is 17.1. The van der Waals surface area contributed by atoms with Gasteiger partial charge in [0.2, 0.25) is 0 Å². The Morgan fingerprint density at radius 1 is 0.600 bits per heavy atom. The molecule has 0 saturated carbocycles. The number of hydrogen-bond donors (Lipinski definition) is 0. The molecule has 0 aromatic carbocycles. The lowest BCUT2D eigenvalue weighted by Crippen LogP contribution is -2.36. The van der Waals surface area contributed by atoms with E-state index >= 15 is 0 Å². The van der Waals surface area contributed by atoms with Crippen molar-refractivity contribution >= 4 is 0 Å². The lowest BCUT2D eigenvalue weighted by atomic mass is 10.0. The molecule has 1 rings (SSSR count). The van der Waals surface area contributed by atoms with E-state index in [0.29, 0.717) is 0 Å². The number of hydrogen-bond acceptors (Lipinski definition) is 3. The molecule has 0 unspecified atom stereocenters. The van der Waals surface area contributed by atoms with Crippen LogP contribution in [0.4, 0.5) is 0 Å². The van der Waals surface area contributed by atoms with Gasteiger partial charge in [-0.1, -0.05) is 103 Å². The molecule has 3 heteroatoms. The zero-order valence-corrected chi connectivity index (χ0v) is 17.1. The van der Waals surface area contributed by atoms with Crippen molar-refractivity contribution in [2.75, 3.05) is 32.9 Å². The van der Waals surface area contributed by atoms with Crippen LogP contribution in [0.3, 0.4) is 0 Å². The minimum Gasteiger partial charge on any atom is -0.379 e. The van der Waals surface area contributed by atoms with Crippen LogP contribution < -0.4 is 0 Å².